The van der Waals surface area contributed by atoms with Crippen molar-refractivity contribution in [3.05, 3.63) is 78.4 Å². The summed E-state index contributed by atoms with van der Waals surface area (Å²) < 4.78 is 2.42. The molecule has 1 aromatic heterocycles. The summed E-state index contributed by atoms with van der Waals surface area (Å²) >= 11 is 1.82. The highest BCUT2D eigenvalue weighted by Crippen LogP contribution is 2.41. The number of thioether (sulfide) groups is 1. The zero-order valence-corrected chi connectivity index (χ0v) is 17.9. The average molecular weight is 404 g/mol. The monoisotopic (exact) mass is 403 g/mol. The Morgan fingerprint density at radius 1 is 1.03 bits per heavy atom. The molecule has 0 saturated heterocycles. The lowest BCUT2D eigenvalue weighted by Crippen LogP contribution is -2.15. The topological polar surface area (TPSA) is 30.7 Å². The summed E-state index contributed by atoms with van der Waals surface area (Å²) in [6.45, 7) is 6.11. The van der Waals surface area contributed by atoms with Gasteiger partial charge < -0.3 is 0 Å². The van der Waals surface area contributed by atoms with Gasteiger partial charge in [-0.15, -0.1) is 16.8 Å². The van der Waals surface area contributed by atoms with E-state index >= 15 is 0 Å². The van der Waals surface area contributed by atoms with Crippen molar-refractivity contribution in [1.82, 2.24) is 14.8 Å². The predicted molar refractivity (Wildman–Crippen MR) is 122 cm³/mol. The molecule has 1 saturated carbocycles. The molecule has 0 bridgehead atoms. The predicted octanol–water partition coefficient (Wildman–Crippen LogP) is 7.17. The quantitative estimate of drug-likeness (QED) is 0.309. The fraction of sp³-hybridized carbons (Fsp3) is 0.360. The van der Waals surface area contributed by atoms with E-state index in [0.29, 0.717) is 11.3 Å². The molecule has 0 amide bonds. The molecule has 29 heavy (non-hydrogen) atoms. The van der Waals surface area contributed by atoms with Gasteiger partial charge >= 0.3 is 0 Å². The summed E-state index contributed by atoms with van der Waals surface area (Å²) in [7, 11) is 0. The van der Waals surface area contributed by atoms with Crippen LogP contribution in [-0.2, 0) is 0 Å². The Morgan fingerprint density at radius 2 is 1.76 bits per heavy atom. The summed E-state index contributed by atoms with van der Waals surface area (Å²) in [5.74, 6) is 1.00. The van der Waals surface area contributed by atoms with Crippen LogP contribution in [0.5, 0.6) is 0 Å². The van der Waals surface area contributed by atoms with Crippen LogP contribution in [0.4, 0.5) is 0 Å². The van der Waals surface area contributed by atoms with Crippen molar-refractivity contribution in [1.29, 1.82) is 0 Å². The summed E-state index contributed by atoms with van der Waals surface area (Å²) in [6.07, 6.45) is 9.25. The molecule has 0 radical (unpaired) electrons. The standard InChI is InChI=1S/C25H29N3S/c1-3-10-23(20-11-6-4-7-12-20)29-25-27-26-24(21-17-15-19(2)16-18-21)28(25)22-13-8-5-9-14-22/h3-4,6-7,11-12,15-18,22-23H,1,5,8-10,13-14H2,2H3. The molecule has 4 heteroatoms. The summed E-state index contributed by atoms with van der Waals surface area (Å²) in [6, 6.07) is 19.8. The summed E-state index contributed by atoms with van der Waals surface area (Å²) in [5, 5.41) is 10.7. The van der Waals surface area contributed by atoms with Crippen LogP contribution in [0.3, 0.4) is 0 Å². The first-order valence-corrected chi connectivity index (χ1v) is 11.5. The normalized spacial score (nSPS) is 15.9. The molecule has 3 aromatic rings. The molecule has 1 aliphatic rings. The Labute approximate surface area is 178 Å². The third kappa shape index (κ3) is 4.64. The Balaban J connectivity index is 1.72. The zero-order valence-electron chi connectivity index (χ0n) is 17.1. The van der Waals surface area contributed by atoms with Crippen LogP contribution < -0.4 is 0 Å². The number of rotatable bonds is 7. The van der Waals surface area contributed by atoms with Crippen molar-refractivity contribution >= 4 is 11.8 Å². The molecule has 1 atom stereocenters. The molecule has 1 heterocycles. The van der Waals surface area contributed by atoms with Crippen molar-refractivity contribution in [3.63, 3.8) is 0 Å². The average Bonchev–Trinajstić information content (AvgIpc) is 3.19. The van der Waals surface area contributed by atoms with E-state index in [4.69, 9.17) is 0 Å². The van der Waals surface area contributed by atoms with E-state index in [9.17, 15) is 0 Å². The molecule has 0 spiro atoms. The first kappa shape index (κ1) is 20.0. The van der Waals surface area contributed by atoms with Crippen molar-refractivity contribution < 1.29 is 0 Å². The Hall–Kier alpha value is -2.33. The Kier molecular flexibility index (Phi) is 6.50. The second-order valence-electron chi connectivity index (χ2n) is 7.88. The molecule has 0 N–H and O–H groups in total. The van der Waals surface area contributed by atoms with E-state index in [1.54, 1.807) is 0 Å². The van der Waals surface area contributed by atoms with Crippen molar-refractivity contribution in [2.75, 3.05) is 0 Å². The van der Waals surface area contributed by atoms with Gasteiger partial charge in [0.2, 0.25) is 0 Å². The first-order chi connectivity index (χ1) is 14.3. The van der Waals surface area contributed by atoms with E-state index in [2.05, 4.69) is 82.9 Å². The first-order valence-electron chi connectivity index (χ1n) is 10.6. The fourth-order valence-corrected chi connectivity index (χ4v) is 5.34. The van der Waals surface area contributed by atoms with Crippen LogP contribution in [0.25, 0.3) is 11.4 Å². The largest absolute Gasteiger partial charge is 0.299 e. The van der Waals surface area contributed by atoms with Crippen LogP contribution in [0.2, 0.25) is 0 Å². The van der Waals surface area contributed by atoms with Gasteiger partial charge in [-0.1, -0.05) is 97.3 Å². The highest BCUT2D eigenvalue weighted by atomic mass is 32.2. The van der Waals surface area contributed by atoms with Gasteiger partial charge in [-0.25, -0.2) is 0 Å². The highest BCUT2D eigenvalue weighted by molar-refractivity contribution is 7.99. The third-order valence-electron chi connectivity index (χ3n) is 5.71. The number of allylic oxidation sites excluding steroid dienone is 1. The lowest BCUT2D eigenvalue weighted by atomic mass is 9.95. The minimum Gasteiger partial charge on any atom is -0.299 e. The minimum absolute atomic E-state index is 0.297. The summed E-state index contributed by atoms with van der Waals surface area (Å²) in [5.41, 5.74) is 3.73. The minimum atomic E-state index is 0.297. The molecule has 1 aliphatic carbocycles. The lowest BCUT2D eigenvalue weighted by molar-refractivity contribution is 0.339. The lowest BCUT2D eigenvalue weighted by Gasteiger charge is -2.26. The van der Waals surface area contributed by atoms with E-state index < -0.39 is 0 Å². The van der Waals surface area contributed by atoms with Crippen molar-refractivity contribution in [2.45, 2.75) is 61.9 Å². The van der Waals surface area contributed by atoms with E-state index in [1.807, 2.05) is 17.8 Å². The molecule has 1 fully saturated rings. The van der Waals surface area contributed by atoms with Gasteiger partial charge in [0.25, 0.3) is 0 Å². The number of aromatic nitrogens is 3. The van der Waals surface area contributed by atoms with Gasteiger partial charge in [-0.05, 0) is 31.7 Å². The molecular weight excluding hydrogens is 374 g/mol. The molecule has 1 unspecified atom stereocenters. The van der Waals surface area contributed by atoms with Gasteiger partial charge in [-0.2, -0.15) is 0 Å². The molecule has 2 aromatic carbocycles. The highest BCUT2D eigenvalue weighted by Gasteiger charge is 2.25. The molecule has 0 aliphatic heterocycles. The number of benzene rings is 2. The second-order valence-corrected chi connectivity index (χ2v) is 9.05. The van der Waals surface area contributed by atoms with Gasteiger partial charge in [0.15, 0.2) is 11.0 Å². The van der Waals surface area contributed by atoms with Crippen LogP contribution in [0.1, 0.15) is 60.9 Å². The molecular formula is C25H29N3S. The van der Waals surface area contributed by atoms with E-state index in [0.717, 1.165) is 23.0 Å². The maximum Gasteiger partial charge on any atom is 0.192 e. The fourth-order valence-electron chi connectivity index (χ4n) is 4.12. The van der Waals surface area contributed by atoms with E-state index in [1.165, 1.54) is 43.2 Å². The maximum absolute atomic E-state index is 4.68. The third-order valence-corrected chi connectivity index (χ3v) is 6.95. The van der Waals surface area contributed by atoms with Gasteiger partial charge in [0, 0.05) is 16.9 Å². The Bertz CT molecular complexity index is 924. The molecule has 4 rings (SSSR count). The van der Waals surface area contributed by atoms with Crippen LogP contribution >= 0.6 is 11.8 Å². The number of aryl methyl sites for hydroxylation is 1. The van der Waals surface area contributed by atoms with Crippen LogP contribution in [0.15, 0.2) is 72.4 Å². The van der Waals surface area contributed by atoms with Crippen molar-refractivity contribution in [2.24, 2.45) is 0 Å². The van der Waals surface area contributed by atoms with Gasteiger partial charge in [0.1, 0.15) is 0 Å². The smallest absolute Gasteiger partial charge is 0.192 e. The van der Waals surface area contributed by atoms with Gasteiger partial charge in [-0.3, -0.25) is 4.57 Å². The SMILES string of the molecule is C=CCC(Sc1nnc(-c2ccc(C)cc2)n1C1CCCCC1)c1ccccc1. The molecule has 150 valence electrons. The molecule has 3 nitrogen and oxygen atoms in total. The Morgan fingerprint density at radius 3 is 2.45 bits per heavy atom. The van der Waals surface area contributed by atoms with E-state index in [-0.39, 0.29) is 0 Å². The van der Waals surface area contributed by atoms with Crippen molar-refractivity contribution in [3.8, 4) is 11.4 Å². The summed E-state index contributed by atoms with van der Waals surface area (Å²) in [4.78, 5) is 0. The van der Waals surface area contributed by atoms with Crippen LogP contribution in [0, 0.1) is 6.92 Å². The zero-order chi connectivity index (χ0) is 20.1. The van der Waals surface area contributed by atoms with Crippen LogP contribution in [-0.4, -0.2) is 14.8 Å². The number of hydrogen-bond acceptors (Lipinski definition) is 3. The van der Waals surface area contributed by atoms with Gasteiger partial charge in [0.05, 0.1) is 0 Å². The number of nitrogens with zero attached hydrogens (tertiary/aromatic N) is 3. The second kappa shape index (κ2) is 9.45. The maximum atomic E-state index is 4.68. The number of hydrogen-bond donors (Lipinski definition) is 0.